The fraction of sp³-hybridized carbons (Fsp3) is 0.818. The molecule has 2 rings (SSSR count). The minimum Gasteiger partial charge on any atom is -0.480 e. The van der Waals surface area contributed by atoms with Crippen LogP contribution in [-0.2, 0) is 9.53 Å². The molecule has 2 atom stereocenters. The van der Waals surface area contributed by atoms with Crippen molar-refractivity contribution in [2.45, 2.75) is 43.6 Å². The molecule has 0 radical (unpaired) electrons. The number of ether oxygens (including phenoxy) is 1. The van der Waals surface area contributed by atoms with Gasteiger partial charge in [-0.1, -0.05) is 0 Å². The van der Waals surface area contributed by atoms with Crippen LogP contribution in [0, 0.1) is 0 Å². The lowest BCUT2D eigenvalue weighted by atomic mass is 10.1. The molecule has 1 amide bonds. The van der Waals surface area contributed by atoms with Gasteiger partial charge in [0.15, 0.2) is 0 Å². The van der Waals surface area contributed by atoms with Crippen LogP contribution < -0.4 is 0 Å². The zero-order valence-corrected chi connectivity index (χ0v) is 11.0. The Kier molecular flexibility index (Phi) is 2.80. The molecule has 2 fully saturated rings. The molecule has 5 nitrogen and oxygen atoms in total. The number of carboxylic acid groups (broad SMARTS) is 1. The standard InChI is InChI=1S/C11H17NO4S/c1-10(2,3)16-9(15)12-6-11(8(13)14)4-7(12)5-17-11/h7H,4-6H2,1-3H3,(H,13,14)/t7-,11-/m1/s1. The van der Waals surface area contributed by atoms with Crippen LogP contribution >= 0.6 is 11.8 Å². The number of carbonyl (C=O) groups excluding carboxylic acids is 1. The molecule has 0 aromatic rings. The molecule has 2 aliphatic heterocycles. The van der Waals surface area contributed by atoms with Gasteiger partial charge in [0.05, 0.1) is 0 Å². The highest BCUT2D eigenvalue weighted by molar-refractivity contribution is 8.01. The second kappa shape index (κ2) is 3.80. The Morgan fingerprint density at radius 1 is 1.47 bits per heavy atom. The predicted octanol–water partition coefficient (Wildman–Crippen LogP) is 1.57. The summed E-state index contributed by atoms with van der Waals surface area (Å²) in [4.78, 5) is 24.7. The van der Waals surface area contributed by atoms with Crippen molar-refractivity contribution in [1.29, 1.82) is 0 Å². The average Bonchev–Trinajstić information content (AvgIpc) is 2.72. The minimum atomic E-state index is -0.823. The Bertz CT molecular complexity index is 365. The number of fused-ring (bicyclic) bond motifs is 2. The second-order valence-electron chi connectivity index (χ2n) is 5.58. The molecule has 0 unspecified atom stereocenters. The van der Waals surface area contributed by atoms with Crippen molar-refractivity contribution in [3.05, 3.63) is 0 Å². The summed E-state index contributed by atoms with van der Waals surface area (Å²) >= 11 is 1.44. The summed E-state index contributed by atoms with van der Waals surface area (Å²) in [6, 6.07) is 0.00551. The number of nitrogens with zero attached hydrogens (tertiary/aromatic N) is 1. The van der Waals surface area contributed by atoms with E-state index in [4.69, 9.17) is 4.74 Å². The lowest BCUT2D eigenvalue weighted by Crippen LogP contribution is -2.46. The third-order valence-electron chi connectivity index (χ3n) is 3.00. The SMILES string of the molecule is CC(C)(C)OC(=O)N1C[C@@]2(C(=O)O)C[C@@H]1CS2. The fourth-order valence-corrected chi connectivity index (χ4v) is 3.69. The molecule has 0 aromatic carbocycles. The van der Waals surface area contributed by atoms with Crippen LogP contribution in [0.5, 0.6) is 0 Å². The summed E-state index contributed by atoms with van der Waals surface area (Å²) in [6.45, 7) is 5.68. The summed E-state index contributed by atoms with van der Waals surface area (Å²) in [7, 11) is 0. The van der Waals surface area contributed by atoms with Crippen molar-refractivity contribution in [1.82, 2.24) is 4.90 Å². The van der Waals surface area contributed by atoms with Gasteiger partial charge < -0.3 is 14.7 Å². The Hall–Kier alpha value is -0.910. The van der Waals surface area contributed by atoms with E-state index in [9.17, 15) is 14.7 Å². The summed E-state index contributed by atoms with van der Waals surface area (Å²) in [5.74, 6) is -0.137. The molecule has 2 aliphatic rings. The Morgan fingerprint density at radius 2 is 2.12 bits per heavy atom. The average molecular weight is 259 g/mol. The highest BCUT2D eigenvalue weighted by Gasteiger charge is 2.57. The summed E-state index contributed by atoms with van der Waals surface area (Å²) < 4.78 is 4.48. The van der Waals surface area contributed by atoms with Crippen molar-refractivity contribution in [2.75, 3.05) is 12.3 Å². The summed E-state index contributed by atoms with van der Waals surface area (Å²) in [6.07, 6.45) is 0.137. The molecule has 6 heteroatoms. The lowest BCUT2D eigenvalue weighted by molar-refractivity contribution is -0.139. The fourth-order valence-electron chi connectivity index (χ4n) is 2.22. The van der Waals surface area contributed by atoms with E-state index in [2.05, 4.69) is 0 Å². The summed E-state index contributed by atoms with van der Waals surface area (Å²) in [5, 5.41) is 9.22. The van der Waals surface area contributed by atoms with Crippen LogP contribution in [0.4, 0.5) is 4.79 Å². The monoisotopic (exact) mass is 259 g/mol. The van der Waals surface area contributed by atoms with Gasteiger partial charge in [-0.3, -0.25) is 4.79 Å². The predicted molar refractivity (Wildman–Crippen MR) is 64.2 cm³/mol. The van der Waals surface area contributed by atoms with E-state index in [1.165, 1.54) is 11.8 Å². The number of rotatable bonds is 1. The quantitative estimate of drug-likeness (QED) is 0.774. The van der Waals surface area contributed by atoms with Gasteiger partial charge in [0.1, 0.15) is 10.3 Å². The molecule has 0 aliphatic carbocycles. The van der Waals surface area contributed by atoms with E-state index >= 15 is 0 Å². The van der Waals surface area contributed by atoms with E-state index in [1.54, 1.807) is 25.7 Å². The second-order valence-corrected chi connectivity index (χ2v) is 6.98. The molecule has 2 saturated heterocycles. The summed E-state index contributed by atoms with van der Waals surface area (Å²) in [5.41, 5.74) is -0.539. The Balaban J connectivity index is 2.07. The largest absolute Gasteiger partial charge is 0.480 e. The van der Waals surface area contributed by atoms with Gasteiger partial charge in [-0.15, -0.1) is 11.8 Å². The molecule has 2 heterocycles. The maximum atomic E-state index is 11.9. The molecule has 1 N–H and O–H groups in total. The van der Waals surface area contributed by atoms with Gasteiger partial charge in [-0.05, 0) is 27.2 Å². The number of carbonyl (C=O) groups is 2. The number of aliphatic carboxylic acids is 1. The lowest BCUT2D eigenvalue weighted by Gasteiger charge is -2.31. The highest BCUT2D eigenvalue weighted by Crippen LogP contribution is 2.47. The van der Waals surface area contributed by atoms with Crippen LogP contribution in [0.3, 0.4) is 0 Å². The van der Waals surface area contributed by atoms with Crippen LogP contribution in [0.15, 0.2) is 0 Å². The first-order chi connectivity index (χ1) is 7.73. The zero-order chi connectivity index (χ0) is 12.8. The first-order valence-corrected chi connectivity index (χ1v) is 6.59. The van der Waals surface area contributed by atoms with Gasteiger partial charge in [-0.25, -0.2) is 4.79 Å². The third kappa shape index (κ3) is 2.22. The first kappa shape index (κ1) is 12.5. The molecule has 0 saturated carbocycles. The molecule has 0 aromatic heterocycles. The molecule has 2 bridgehead atoms. The molecular weight excluding hydrogens is 242 g/mol. The van der Waals surface area contributed by atoms with Crippen LogP contribution in [0.25, 0.3) is 0 Å². The van der Waals surface area contributed by atoms with E-state index in [-0.39, 0.29) is 12.6 Å². The van der Waals surface area contributed by atoms with Crippen molar-refractivity contribution < 1.29 is 19.4 Å². The highest BCUT2D eigenvalue weighted by atomic mass is 32.2. The van der Waals surface area contributed by atoms with Gasteiger partial charge in [0.25, 0.3) is 0 Å². The number of carboxylic acids is 1. The third-order valence-corrected chi connectivity index (χ3v) is 4.58. The molecular formula is C11H17NO4S. The minimum absolute atomic E-state index is 0.00551. The molecule has 0 spiro atoms. The van der Waals surface area contributed by atoms with Gasteiger partial charge in [0, 0.05) is 18.3 Å². The first-order valence-electron chi connectivity index (χ1n) is 5.60. The van der Waals surface area contributed by atoms with Crippen LogP contribution in [0.1, 0.15) is 27.2 Å². The number of amides is 1. The maximum absolute atomic E-state index is 11.9. The van der Waals surface area contributed by atoms with Crippen molar-refractivity contribution in [3.63, 3.8) is 0 Å². The Morgan fingerprint density at radius 3 is 2.59 bits per heavy atom. The van der Waals surface area contributed by atoms with Crippen molar-refractivity contribution in [2.24, 2.45) is 0 Å². The van der Waals surface area contributed by atoms with E-state index in [1.807, 2.05) is 0 Å². The zero-order valence-electron chi connectivity index (χ0n) is 10.2. The molecule has 17 heavy (non-hydrogen) atoms. The van der Waals surface area contributed by atoms with Gasteiger partial charge >= 0.3 is 12.1 Å². The van der Waals surface area contributed by atoms with Crippen LogP contribution in [-0.4, -0.2) is 50.8 Å². The van der Waals surface area contributed by atoms with E-state index in [0.717, 1.165) is 0 Å². The number of likely N-dealkylation sites (tertiary alicyclic amines) is 1. The number of thioether (sulfide) groups is 1. The number of hydrogen-bond acceptors (Lipinski definition) is 4. The molecule has 96 valence electrons. The van der Waals surface area contributed by atoms with Gasteiger partial charge in [0.2, 0.25) is 0 Å². The maximum Gasteiger partial charge on any atom is 0.410 e. The normalized spacial score (nSPS) is 31.7. The topological polar surface area (TPSA) is 66.8 Å². The van der Waals surface area contributed by atoms with Gasteiger partial charge in [-0.2, -0.15) is 0 Å². The Labute approximate surface area is 104 Å². The number of hydrogen-bond donors (Lipinski definition) is 1. The van der Waals surface area contributed by atoms with E-state index < -0.39 is 22.4 Å². The van der Waals surface area contributed by atoms with Crippen molar-refractivity contribution in [3.8, 4) is 0 Å². The smallest absolute Gasteiger partial charge is 0.410 e. The van der Waals surface area contributed by atoms with Crippen LogP contribution in [0.2, 0.25) is 0 Å². The van der Waals surface area contributed by atoms with E-state index in [0.29, 0.717) is 12.2 Å². The van der Waals surface area contributed by atoms with Crippen molar-refractivity contribution >= 4 is 23.8 Å².